The third kappa shape index (κ3) is 5.04. The van der Waals surface area contributed by atoms with E-state index in [2.05, 4.69) is 19.2 Å². The maximum Gasteiger partial charge on any atom is 0.227 e. The minimum atomic E-state index is -3.11. The summed E-state index contributed by atoms with van der Waals surface area (Å²) in [7, 11) is -3.11. The zero-order chi connectivity index (χ0) is 18.6. The predicted molar refractivity (Wildman–Crippen MR) is 98.3 cm³/mol. The Balaban J connectivity index is 1.94. The normalized spacial score (nSPS) is 18.0. The lowest BCUT2D eigenvalue weighted by Gasteiger charge is -2.17. The molecular formula is C18H26N2O4S. The molecule has 6 nitrogen and oxygen atoms in total. The van der Waals surface area contributed by atoms with Crippen molar-refractivity contribution < 1.29 is 18.0 Å². The topological polar surface area (TPSA) is 83.5 Å². The van der Waals surface area contributed by atoms with Crippen molar-refractivity contribution in [3.05, 3.63) is 29.8 Å². The number of rotatable bonds is 7. The van der Waals surface area contributed by atoms with Gasteiger partial charge in [-0.25, -0.2) is 8.42 Å². The second kappa shape index (κ2) is 7.99. The molecule has 0 bridgehead atoms. The quantitative estimate of drug-likeness (QED) is 0.796. The van der Waals surface area contributed by atoms with Crippen molar-refractivity contribution in [3.8, 4) is 0 Å². The number of carbonyl (C=O) groups is 2. The average Bonchev–Trinajstić information content (AvgIpc) is 2.96. The Morgan fingerprint density at radius 3 is 2.48 bits per heavy atom. The second-order valence-electron chi connectivity index (χ2n) is 6.68. The van der Waals surface area contributed by atoms with Crippen LogP contribution >= 0.6 is 0 Å². The number of carbonyl (C=O) groups excluding carboxylic acids is 2. The Kier molecular flexibility index (Phi) is 6.21. The Bertz CT molecular complexity index is 726. The number of benzene rings is 1. The molecule has 0 saturated carbocycles. The van der Waals surface area contributed by atoms with E-state index in [0.717, 1.165) is 5.69 Å². The highest BCUT2D eigenvalue weighted by molar-refractivity contribution is 7.91. The molecule has 2 amide bonds. The van der Waals surface area contributed by atoms with Crippen LogP contribution in [0.25, 0.3) is 0 Å². The molecule has 1 saturated heterocycles. The zero-order valence-electron chi connectivity index (χ0n) is 15.0. The summed E-state index contributed by atoms with van der Waals surface area (Å²) in [5.41, 5.74) is 1.99. The van der Waals surface area contributed by atoms with Crippen molar-refractivity contribution in [2.45, 2.75) is 33.1 Å². The Labute approximate surface area is 149 Å². The van der Waals surface area contributed by atoms with E-state index in [9.17, 15) is 18.0 Å². The summed E-state index contributed by atoms with van der Waals surface area (Å²) < 4.78 is 22.9. The van der Waals surface area contributed by atoms with Gasteiger partial charge in [0.05, 0.1) is 11.7 Å². The first-order valence-corrected chi connectivity index (χ1v) is 10.4. The van der Waals surface area contributed by atoms with E-state index >= 15 is 0 Å². The predicted octanol–water partition coefficient (Wildman–Crippen LogP) is 1.71. The van der Waals surface area contributed by atoms with Crippen LogP contribution in [0.5, 0.6) is 0 Å². The summed E-state index contributed by atoms with van der Waals surface area (Å²) in [6.07, 6.45) is 0.151. The van der Waals surface area contributed by atoms with Crippen LogP contribution in [-0.4, -0.2) is 44.8 Å². The third-order valence-electron chi connectivity index (χ3n) is 4.52. The number of hydrogen-bond donors (Lipinski definition) is 1. The van der Waals surface area contributed by atoms with Gasteiger partial charge in [0.25, 0.3) is 0 Å². The lowest BCUT2D eigenvalue weighted by molar-refractivity contribution is -0.126. The smallest absolute Gasteiger partial charge is 0.227 e. The van der Waals surface area contributed by atoms with Crippen molar-refractivity contribution in [2.75, 3.05) is 29.5 Å². The standard InChI is InChI=1S/C18H26N2O4S/c1-4-25(23,24)10-9-19-18(22)15-11-17(21)20(12-15)16-7-5-14(6-8-16)13(2)3/h5-8,13,15H,4,9-12H2,1-3H3,(H,19,22). The van der Waals surface area contributed by atoms with Crippen LogP contribution in [0.4, 0.5) is 5.69 Å². The van der Waals surface area contributed by atoms with Crippen LogP contribution in [-0.2, 0) is 19.4 Å². The fraction of sp³-hybridized carbons (Fsp3) is 0.556. The summed E-state index contributed by atoms with van der Waals surface area (Å²) in [5.74, 6) is -0.385. The van der Waals surface area contributed by atoms with Gasteiger partial charge in [-0.15, -0.1) is 0 Å². The second-order valence-corrected chi connectivity index (χ2v) is 9.15. The van der Waals surface area contributed by atoms with Crippen molar-refractivity contribution in [3.63, 3.8) is 0 Å². The van der Waals surface area contributed by atoms with Crippen LogP contribution in [0.3, 0.4) is 0 Å². The monoisotopic (exact) mass is 366 g/mol. The van der Waals surface area contributed by atoms with Gasteiger partial charge < -0.3 is 10.2 Å². The van der Waals surface area contributed by atoms with Crippen LogP contribution in [0.2, 0.25) is 0 Å². The molecule has 1 aliphatic rings. The highest BCUT2D eigenvalue weighted by atomic mass is 32.2. The molecule has 1 atom stereocenters. The molecule has 25 heavy (non-hydrogen) atoms. The molecule has 0 spiro atoms. The highest BCUT2D eigenvalue weighted by Gasteiger charge is 2.35. The number of anilines is 1. The lowest BCUT2D eigenvalue weighted by Crippen LogP contribution is -2.35. The number of nitrogens with one attached hydrogen (secondary N) is 1. The molecule has 1 N–H and O–H groups in total. The summed E-state index contributed by atoms with van der Waals surface area (Å²) in [6, 6.07) is 7.80. The number of nitrogens with zero attached hydrogens (tertiary/aromatic N) is 1. The number of hydrogen-bond acceptors (Lipinski definition) is 4. The van der Waals surface area contributed by atoms with Gasteiger partial charge in [0.2, 0.25) is 11.8 Å². The first-order valence-electron chi connectivity index (χ1n) is 8.62. The van der Waals surface area contributed by atoms with Crippen molar-refractivity contribution in [1.29, 1.82) is 0 Å². The Morgan fingerprint density at radius 1 is 1.28 bits per heavy atom. The SMILES string of the molecule is CCS(=O)(=O)CCNC(=O)C1CC(=O)N(c2ccc(C(C)C)cc2)C1. The molecule has 1 fully saturated rings. The maximum absolute atomic E-state index is 12.2. The molecule has 138 valence electrons. The van der Waals surface area contributed by atoms with Gasteiger partial charge >= 0.3 is 0 Å². The van der Waals surface area contributed by atoms with E-state index in [1.54, 1.807) is 11.8 Å². The van der Waals surface area contributed by atoms with Gasteiger partial charge in [0.15, 0.2) is 9.84 Å². The first-order chi connectivity index (χ1) is 11.7. The lowest BCUT2D eigenvalue weighted by atomic mass is 10.0. The molecule has 1 aromatic carbocycles. The number of sulfone groups is 1. The van der Waals surface area contributed by atoms with Crippen LogP contribution in [0.1, 0.15) is 38.7 Å². The fourth-order valence-electron chi connectivity index (χ4n) is 2.79. The molecule has 1 heterocycles. The van der Waals surface area contributed by atoms with Crippen molar-refractivity contribution in [1.82, 2.24) is 5.32 Å². The van der Waals surface area contributed by atoms with Crippen molar-refractivity contribution in [2.24, 2.45) is 5.92 Å². The summed E-state index contributed by atoms with van der Waals surface area (Å²) in [5, 5.41) is 2.63. The first kappa shape index (κ1) is 19.4. The van der Waals surface area contributed by atoms with E-state index in [1.807, 2.05) is 24.3 Å². The van der Waals surface area contributed by atoms with E-state index in [-0.39, 0.29) is 36.3 Å². The van der Waals surface area contributed by atoms with Gasteiger partial charge in [-0.05, 0) is 23.6 Å². The Hall–Kier alpha value is -1.89. The zero-order valence-corrected chi connectivity index (χ0v) is 15.8. The largest absolute Gasteiger partial charge is 0.355 e. The molecule has 1 aromatic rings. The minimum Gasteiger partial charge on any atom is -0.355 e. The van der Waals surface area contributed by atoms with Gasteiger partial charge in [0, 0.05) is 31.0 Å². The van der Waals surface area contributed by atoms with E-state index < -0.39 is 15.8 Å². The van der Waals surface area contributed by atoms with Gasteiger partial charge in [-0.1, -0.05) is 32.9 Å². The van der Waals surface area contributed by atoms with Gasteiger partial charge in [-0.3, -0.25) is 9.59 Å². The molecular weight excluding hydrogens is 340 g/mol. The fourth-order valence-corrected chi connectivity index (χ4v) is 3.49. The molecule has 7 heteroatoms. The van der Waals surface area contributed by atoms with Crippen LogP contribution in [0.15, 0.2) is 24.3 Å². The summed E-state index contributed by atoms with van der Waals surface area (Å²) in [6.45, 7) is 6.20. The molecule has 0 radical (unpaired) electrons. The summed E-state index contributed by atoms with van der Waals surface area (Å²) >= 11 is 0. The molecule has 1 aliphatic heterocycles. The minimum absolute atomic E-state index is 0.0605. The van der Waals surface area contributed by atoms with Crippen LogP contribution in [0, 0.1) is 5.92 Å². The number of amides is 2. The highest BCUT2D eigenvalue weighted by Crippen LogP contribution is 2.26. The molecule has 0 aromatic heterocycles. The molecule has 0 aliphatic carbocycles. The van der Waals surface area contributed by atoms with E-state index in [1.165, 1.54) is 5.56 Å². The van der Waals surface area contributed by atoms with Gasteiger partial charge in [0.1, 0.15) is 0 Å². The van der Waals surface area contributed by atoms with Crippen molar-refractivity contribution >= 4 is 27.3 Å². The van der Waals surface area contributed by atoms with E-state index in [0.29, 0.717) is 12.5 Å². The molecule has 1 unspecified atom stereocenters. The average molecular weight is 366 g/mol. The maximum atomic E-state index is 12.2. The third-order valence-corrected chi connectivity index (χ3v) is 6.23. The van der Waals surface area contributed by atoms with Crippen LogP contribution < -0.4 is 10.2 Å². The summed E-state index contributed by atoms with van der Waals surface area (Å²) in [4.78, 5) is 26.1. The van der Waals surface area contributed by atoms with Gasteiger partial charge in [-0.2, -0.15) is 0 Å². The van der Waals surface area contributed by atoms with E-state index in [4.69, 9.17) is 0 Å². The Morgan fingerprint density at radius 2 is 1.92 bits per heavy atom. The molecule has 2 rings (SSSR count).